The highest BCUT2D eigenvalue weighted by atomic mass is 19.1. The highest BCUT2D eigenvalue weighted by Crippen LogP contribution is 2.13. The molecule has 0 bridgehead atoms. The monoisotopic (exact) mass is 238 g/mol. The van der Waals surface area contributed by atoms with Gasteiger partial charge < -0.3 is 10.6 Å². The van der Waals surface area contributed by atoms with Gasteiger partial charge in [-0.1, -0.05) is 12.1 Å². The van der Waals surface area contributed by atoms with Gasteiger partial charge in [-0.3, -0.25) is 4.79 Å². The Morgan fingerprint density at radius 1 is 1.41 bits per heavy atom. The summed E-state index contributed by atoms with van der Waals surface area (Å²) in [5.74, 6) is -0.311. The zero-order valence-electron chi connectivity index (χ0n) is 10.5. The maximum Gasteiger partial charge on any atom is 0.234 e. The molecule has 0 aromatic heterocycles. The van der Waals surface area contributed by atoms with E-state index < -0.39 is 0 Å². The van der Waals surface area contributed by atoms with Crippen LogP contribution < -0.4 is 10.6 Å². The van der Waals surface area contributed by atoms with Gasteiger partial charge in [0.2, 0.25) is 5.91 Å². The van der Waals surface area contributed by atoms with Crippen LogP contribution in [0.5, 0.6) is 0 Å². The molecule has 0 fully saturated rings. The average Bonchev–Trinajstić information content (AvgIpc) is 2.15. The summed E-state index contributed by atoms with van der Waals surface area (Å²) < 4.78 is 13.0. The molecule has 17 heavy (non-hydrogen) atoms. The highest BCUT2D eigenvalue weighted by molar-refractivity contribution is 5.78. The third-order valence-corrected chi connectivity index (χ3v) is 2.35. The first kappa shape index (κ1) is 13.6. The second-order valence-electron chi connectivity index (χ2n) is 4.77. The Bertz CT molecular complexity index is 391. The standard InChI is InChI=1S/C13H19FN2O/c1-13(2,16-12(17)9-15-3)8-10-5-4-6-11(14)7-10/h4-7,15H,8-9H2,1-3H3,(H,16,17). The van der Waals surface area contributed by atoms with Crippen LogP contribution in [0, 0.1) is 5.82 Å². The summed E-state index contributed by atoms with van der Waals surface area (Å²) in [6.07, 6.45) is 0.597. The van der Waals surface area contributed by atoms with Gasteiger partial charge in [-0.15, -0.1) is 0 Å². The van der Waals surface area contributed by atoms with E-state index in [0.717, 1.165) is 5.56 Å². The van der Waals surface area contributed by atoms with Crippen molar-refractivity contribution in [2.45, 2.75) is 25.8 Å². The molecule has 1 aromatic carbocycles. The van der Waals surface area contributed by atoms with Crippen molar-refractivity contribution in [1.29, 1.82) is 0 Å². The molecular weight excluding hydrogens is 219 g/mol. The first-order valence-electron chi connectivity index (χ1n) is 5.63. The smallest absolute Gasteiger partial charge is 0.234 e. The predicted molar refractivity (Wildman–Crippen MR) is 66.3 cm³/mol. The van der Waals surface area contributed by atoms with Gasteiger partial charge in [0.05, 0.1) is 6.54 Å². The molecule has 0 aliphatic heterocycles. The summed E-state index contributed by atoms with van der Waals surface area (Å²) in [7, 11) is 1.72. The number of likely N-dealkylation sites (N-methyl/N-ethyl adjacent to an activating group) is 1. The number of amides is 1. The molecule has 0 aliphatic carbocycles. The van der Waals surface area contributed by atoms with Crippen molar-refractivity contribution < 1.29 is 9.18 Å². The first-order valence-corrected chi connectivity index (χ1v) is 5.63. The van der Waals surface area contributed by atoms with Crippen LogP contribution in [0.15, 0.2) is 24.3 Å². The minimum atomic E-state index is -0.387. The lowest BCUT2D eigenvalue weighted by Crippen LogP contribution is -2.47. The van der Waals surface area contributed by atoms with E-state index in [1.54, 1.807) is 13.1 Å². The van der Waals surface area contributed by atoms with E-state index >= 15 is 0 Å². The van der Waals surface area contributed by atoms with Gasteiger partial charge in [0.1, 0.15) is 5.82 Å². The summed E-state index contributed by atoms with van der Waals surface area (Å²) in [5, 5.41) is 5.69. The van der Waals surface area contributed by atoms with E-state index in [9.17, 15) is 9.18 Å². The van der Waals surface area contributed by atoms with Crippen LogP contribution >= 0.6 is 0 Å². The number of carbonyl (C=O) groups is 1. The summed E-state index contributed by atoms with van der Waals surface area (Å²) in [6.45, 7) is 4.13. The second kappa shape index (κ2) is 5.77. The third kappa shape index (κ3) is 4.95. The van der Waals surface area contributed by atoms with E-state index in [1.165, 1.54) is 12.1 Å². The zero-order chi connectivity index (χ0) is 12.9. The number of benzene rings is 1. The molecule has 94 valence electrons. The largest absolute Gasteiger partial charge is 0.350 e. The molecule has 0 unspecified atom stereocenters. The predicted octanol–water partition coefficient (Wildman–Crippen LogP) is 1.48. The fraction of sp³-hybridized carbons (Fsp3) is 0.462. The Hall–Kier alpha value is -1.42. The Morgan fingerprint density at radius 2 is 2.12 bits per heavy atom. The van der Waals surface area contributed by atoms with Crippen molar-refractivity contribution in [1.82, 2.24) is 10.6 Å². The lowest BCUT2D eigenvalue weighted by Gasteiger charge is -2.26. The maximum atomic E-state index is 13.0. The first-order chi connectivity index (χ1) is 7.93. The molecule has 3 nitrogen and oxygen atoms in total. The normalized spacial score (nSPS) is 11.3. The van der Waals surface area contributed by atoms with E-state index in [0.29, 0.717) is 6.42 Å². The Labute approximate surface area is 101 Å². The molecule has 0 saturated heterocycles. The van der Waals surface area contributed by atoms with Crippen molar-refractivity contribution >= 4 is 5.91 Å². The van der Waals surface area contributed by atoms with Crippen LogP contribution in [0.25, 0.3) is 0 Å². The Morgan fingerprint density at radius 3 is 2.71 bits per heavy atom. The van der Waals surface area contributed by atoms with E-state index in [1.807, 2.05) is 19.9 Å². The highest BCUT2D eigenvalue weighted by Gasteiger charge is 2.20. The molecule has 2 N–H and O–H groups in total. The van der Waals surface area contributed by atoms with E-state index in [2.05, 4.69) is 10.6 Å². The third-order valence-electron chi connectivity index (χ3n) is 2.35. The molecule has 0 atom stereocenters. The summed E-state index contributed by atoms with van der Waals surface area (Å²) in [4.78, 5) is 11.5. The van der Waals surface area contributed by atoms with Gasteiger partial charge in [-0.2, -0.15) is 0 Å². The lowest BCUT2D eigenvalue weighted by molar-refractivity contribution is -0.121. The molecule has 0 radical (unpaired) electrons. The lowest BCUT2D eigenvalue weighted by atomic mass is 9.95. The van der Waals surface area contributed by atoms with Crippen molar-refractivity contribution in [3.05, 3.63) is 35.6 Å². The fourth-order valence-electron chi connectivity index (χ4n) is 1.78. The number of hydrogen-bond donors (Lipinski definition) is 2. The van der Waals surface area contributed by atoms with Gasteiger partial charge >= 0.3 is 0 Å². The molecule has 0 heterocycles. The number of carbonyl (C=O) groups excluding carboxylic acids is 1. The van der Waals surface area contributed by atoms with Gasteiger partial charge in [0.15, 0.2) is 0 Å². The number of nitrogens with one attached hydrogen (secondary N) is 2. The van der Waals surface area contributed by atoms with Crippen LogP contribution in [0.4, 0.5) is 4.39 Å². The molecule has 0 aliphatic rings. The number of halogens is 1. The van der Waals surface area contributed by atoms with Crippen LogP contribution in [0.3, 0.4) is 0 Å². The van der Waals surface area contributed by atoms with E-state index in [-0.39, 0.29) is 23.8 Å². The van der Waals surface area contributed by atoms with Crippen LogP contribution in [-0.2, 0) is 11.2 Å². The van der Waals surface area contributed by atoms with Gasteiger partial charge in [0.25, 0.3) is 0 Å². The quantitative estimate of drug-likeness (QED) is 0.816. The molecule has 1 rings (SSSR count). The fourth-order valence-corrected chi connectivity index (χ4v) is 1.78. The average molecular weight is 238 g/mol. The Balaban J connectivity index is 2.62. The van der Waals surface area contributed by atoms with Crippen molar-refractivity contribution in [3.63, 3.8) is 0 Å². The zero-order valence-corrected chi connectivity index (χ0v) is 10.5. The molecule has 1 amide bonds. The van der Waals surface area contributed by atoms with Crippen LogP contribution in [-0.4, -0.2) is 25.0 Å². The molecule has 4 heteroatoms. The molecule has 1 aromatic rings. The topological polar surface area (TPSA) is 41.1 Å². The number of hydrogen-bond acceptors (Lipinski definition) is 2. The summed E-state index contributed by atoms with van der Waals surface area (Å²) in [5.41, 5.74) is 0.488. The summed E-state index contributed by atoms with van der Waals surface area (Å²) in [6, 6.07) is 6.44. The molecule has 0 saturated carbocycles. The van der Waals surface area contributed by atoms with Crippen LogP contribution in [0.2, 0.25) is 0 Å². The molecule has 0 spiro atoms. The van der Waals surface area contributed by atoms with Crippen molar-refractivity contribution in [2.75, 3.05) is 13.6 Å². The van der Waals surface area contributed by atoms with Crippen LogP contribution in [0.1, 0.15) is 19.4 Å². The Kier molecular flexibility index (Phi) is 4.63. The van der Waals surface area contributed by atoms with Gasteiger partial charge in [-0.05, 0) is 45.0 Å². The van der Waals surface area contributed by atoms with E-state index in [4.69, 9.17) is 0 Å². The second-order valence-corrected chi connectivity index (χ2v) is 4.77. The number of rotatable bonds is 5. The maximum absolute atomic E-state index is 13.0. The minimum absolute atomic E-state index is 0.0612. The minimum Gasteiger partial charge on any atom is -0.350 e. The summed E-state index contributed by atoms with van der Waals surface area (Å²) >= 11 is 0. The molecular formula is C13H19FN2O. The SMILES string of the molecule is CNCC(=O)NC(C)(C)Cc1cccc(F)c1. The van der Waals surface area contributed by atoms with Gasteiger partial charge in [-0.25, -0.2) is 4.39 Å². The van der Waals surface area contributed by atoms with Crippen molar-refractivity contribution in [3.8, 4) is 0 Å². The van der Waals surface area contributed by atoms with Crippen molar-refractivity contribution in [2.24, 2.45) is 0 Å². The van der Waals surface area contributed by atoms with Gasteiger partial charge in [0, 0.05) is 5.54 Å².